The average molecular weight is 174 g/mol. The topological polar surface area (TPSA) is 26.3 Å². The highest BCUT2D eigenvalue weighted by Crippen LogP contribution is 2.18. The van der Waals surface area contributed by atoms with Gasteiger partial charge in [-0.2, -0.15) is 0 Å². The van der Waals surface area contributed by atoms with Gasteiger partial charge in [0, 0.05) is 11.6 Å². The van der Waals surface area contributed by atoms with E-state index >= 15 is 0 Å². The minimum absolute atomic E-state index is 0.464. The number of rotatable bonds is 3. The monoisotopic (exact) mass is 174 g/mol. The summed E-state index contributed by atoms with van der Waals surface area (Å²) in [6.07, 6.45) is 2.76. The first-order valence-electron chi connectivity index (χ1n) is 3.83. The zero-order valence-corrected chi connectivity index (χ0v) is 7.19. The number of para-hydroxylation sites is 1. The molecule has 0 atom stereocenters. The van der Waals surface area contributed by atoms with Gasteiger partial charge in [0.25, 0.3) is 0 Å². The highest BCUT2D eigenvalue weighted by molar-refractivity contribution is 5.84. The van der Waals surface area contributed by atoms with Crippen molar-refractivity contribution in [2.24, 2.45) is 0 Å². The lowest BCUT2D eigenvalue weighted by Crippen LogP contribution is -2.03. The highest BCUT2D eigenvalue weighted by atomic mass is 16.5. The molecule has 1 aromatic rings. The van der Waals surface area contributed by atoms with Gasteiger partial charge in [0.15, 0.2) is 0 Å². The SMILES string of the molecule is C=CC(=O)Oc1ccccc1C=C. The third-order valence-corrected chi connectivity index (χ3v) is 1.52. The predicted molar refractivity (Wildman–Crippen MR) is 52.4 cm³/mol. The minimum Gasteiger partial charge on any atom is -0.423 e. The number of hydrogen-bond acceptors (Lipinski definition) is 2. The third kappa shape index (κ3) is 2.30. The lowest BCUT2D eigenvalue weighted by molar-refractivity contribution is -0.128. The van der Waals surface area contributed by atoms with Gasteiger partial charge in [-0.1, -0.05) is 37.4 Å². The lowest BCUT2D eigenvalue weighted by Gasteiger charge is -2.03. The molecule has 0 saturated heterocycles. The molecule has 0 aliphatic heterocycles. The second kappa shape index (κ2) is 4.26. The fraction of sp³-hybridized carbons (Fsp3) is 0. The van der Waals surface area contributed by atoms with Crippen molar-refractivity contribution in [1.82, 2.24) is 0 Å². The number of benzene rings is 1. The van der Waals surface area contributed by atoms with Crippen molar-refractivity contribution in [3.63, 3.8) is 0 Å². The molecule has 0 saturated carbocycles. The van der Waals surface area contributed by atoms with E-state index < -0.39 is 5.97 Å². The van der Waals surface area contributed by atoms with Gasteiger partial charge in [0.05, 0.1) is 0 Å². The van der Waals surface area contributed by atoms with Crippen LogP contribution in [0.2, 0.25) is 0 Å². The summed E-state index contributed by atoms with van der Waals surface area (Å²) in [5.41, 5.74) is 0.790. The fourth-order valence-electron chi connectivity index (χ4n) is 0.892. The number of carbonyl (C=O) groups is 1. The molecule has 2 heteroatoms. The summed E-state index contributed by atoms with van der Waals surface area (Å²) < 4.78 is 4.96. The predicted octanol–water partition coefficient (Wildman–Crippen LogP) is 2.42. The van der Waals surface area contributed by atoms with Crippen LogP contribution in [0.5, 0.6) is 5.75 Å². The molecule has 0 fully saturated rings. The molecule has 0 bridgehead atoms. The molecule has 13 heavy (non-hydrogen) atoms. The van der Waals surface area contributed by atoms with Crippen LogP contribution < -0.4 is 4.74 Å². The molecule has 0 aliphatic rings. The maximum atomic E-state index is 10.9. The van der Waals surface area contributed by atoms with Crippen LogP contribution >= 0.6 is 0 Å². The van der Waals surface area contributed by atoms with E-state index in [4.69, 9.17) is 4.74 Å². The van der Waals surface area contributed by atoms with Gasteiger partial charge in [0.2, 0.25) is 0 Å². The fourth-order valence-corrected chi connectivity index (χ4v) is 0.892. The van der Waals surface area contributed by atoms with Crippen LogP contribution in [0, 0.1) is 0 Å². The van der Waals surface area contributed by atoms with Crippen molar-refractivity contribution in [3.05, 3.63) is 49.1 Å². The van der Waals surface area contributed by atoms with E-state index in [2.05, 4.69) is 13.2 Å². The smallest absolute Gasteiger partial charge is 0.335 e. The summed E-state index contributed by atoms with van der Waals surface area (Å²) in [5.74, 6) is 0.0386. The summed E-state index contributed by atoms with van der Waals surface area (Å²) in [6, 6.07) is 7.16. The first-order valence-corrected chi connectivity index (χ1v) is 3.83. The summed E-state index contributed by atoms with van der Waals surface area (Å²) in [5, 5.41) is 0. The molecule has 0 N–H and O–H groups in total. The Balaban J connectivity index is 2.93. The third-order valence-electron chi connectivity index (χ3n) is 1.52. The van der Waals surface area contributed by atoms with Crippen LogP contribution in [-0.2, 0) is 4.79 Å². The zero-order valence-electron chi connectivity index (χ0n) is 7.19. The Morgan fingerprint density at radius 1 is 1.31 bits per heavy atom. The molecule has 66 valence electrons. The van der Waals surface area contributed by atoms with E-state index in [9.17, 15) is 4.79 Å². The second-order valence-electron chi connectivity index (χ2n) is 2.37. The Morgan fingerprint density at radius 3 is 2.62 bits per heavy atom. The molecule has 0 radical (unpaired) electrons. The van der Waals surface area contributed by atoms with Crippen molar-refractivity contribution in [2.45, 2.75) is 0 Å². The Kier molecular flexibility index (Phi) is 3.03. The molecule has 2 nitrogen and oxygen atoms in total. The van der Waals surface area contributed by atoms with E-state index in [1.807, 2.05) is 12.1 Å². The number of carbonyl (C=O) groups excluding carboxylic acids is 1. The standard InChI is InChI=1S/C11H10O2/c1-3-9-7-5-6-8-10(9)13-11(12)4-2/h3-8H,1-2H2. The van der Waals surface area contributed by atoms with Gasteiger partial charge in [-0.3, -0.25) is 0 Å². The molecule has 0 spiro atoms. The second-order valence-corrected chi connectivity index (χ2v) is 2.37. The largest absolute Gasteiger partial charge is 0.423 e. The van der Waals surface area contributed by atoms with E-state index in [1.54, 1.807) is 18.2 Å². The Labute approximate surface area is 77.2 Å². The normalized spacial score (nSPS) is 8.92. The number of hydrogen-bond donors (Lipinski definition) is 0. The van der Waals surface area contributed by atoms with Gasteiger partial charge < -0.3 is 4.74 Å². The van der Waals surface area contributed by atoms with Gasteiger partial charge in [-0.25, -0.2) is 4.79 Å². The van der Waals surface area contributed by atoms with Crippen molar-refractivity contribution in [1.29, 1.82) is 0 Å². The van der Waals surface area contributed by atoms with E-state index in [1.165, 1.54) is 0 Å². The van der Waals surface area contributed by atoms with Crippen LogP contribution in [0.25, 0.3) is 6.08 Å². The van der Waals surface area contributed by atoms with Crippen molar-refractivity contribution in [2.75, 3.05) is 0 Å². The van der Waals surface area contributed by atoms with E-state index in [0.717, 1.165) is 11.6 Å². The first-order chi connectivity index (χ1) is 6.27. The molecule has 0 amide bonds. The molecule has 0 unspecified atom stereocenters. The molecular weight excluding hydrogens is 164 g/mol. The van der Waals surface area contributed by atoms with Crippen molar-refractivity contribution in [3.8, 4) is 5.75 Å². The lowest BCUT2D eigenvalue weighted by atomic mass is 10.2. The summed E-state index contributed by atoms with van der Waals surface area (Å²) in [6.45, 7) is 6.92. The van der Waals surface area contributed by atoms with Crippen molar-refractivity contribution < 1.29 is 9.53 Å². The number of esters is 1. The van der Waals surface area contributed by atoms with Crippen LogP contribution in [0.4, 0.5) is 0 Å². The van der Waals surface area contributed by atoms with Crippen LogP contribution in [0.3, 0.4) is 0 Å². The Bertz CT molecular complexity index is 340. The Morgan fingerprint density at radius 2 is 2.00 bits per heavy atom. The maximum Gasteiger partial charge on any atom is 0.335 e. The minimum atomic E-state index is -0.464. The quantitative estimate of drug-likeness (QED) is 0.399. The molecular formula is C11H10O2. The Hall–Kier alpha value is -1.83. The molecule has 1 rings (SSSR count). The molecule has 1 aromatic carbocycles. The summed E-state index contributed by atoms with van der Waals surface area (Å²) >= 11 is 0. The molecule has 0 aliphatic carbocycles. The van der Waals surface area contributed by atoms with Gasteiger partial charge in [-0.15, -0.1) is 0 Å². The van der Waals surface area contributed by atoms with E-state index in [-0.39, 0.29) is 0 Å². The van der Waals surface area contributed by atoms with Crippen LogP contribution in [0.15, 0.2) is 43.5 Å². The van der Waals surface area contributed by atoms with Crippen LogP contribution in [-0.4, -0.2) is 5.97 Å². The van der Waals surface area contributed by atoms with Gasteiger partial charge in [-0.05, 0) is 6.07 Å². The van der Waals surface area contributed by atoms with Crippen molar-refractivity contribution >= 4 is 12.0 Å². The number of ether oxygens (including phenoxy) is 1. The molecule has 0 aromatic heterocycles. The average Bonchev–Trinajstić information content (AvgIpc) is 2.18. The van der Waals surface area contributed by atoms with Crippen LogP contribution in [0.1, 0.15) is 5.56 Å². The first kappa shape index (κ1) is 9.26. The maximum absolute atomic E-state index is 10.9. The molecule has 0 heterocycles. The van der Waals surface area contributed by atoms with Gasteiger partial charge in [0.1, 0.15) is 5.75 Å². The van der Waals surface area contributed by atoms with E-state index in [0.29, 0.717) is 5.75 Å². The highest BCUT2D eigenvalue weighted by Gasteiger charge is 2.02. The van der Waals surface area contributed by atoms with Gasteiger partial charge >= 0.3 is 5.97 Å². The zero-order chi connectivity index (χ0) is 9.68. The summed E-state index contributed by atoms with van der Waals surface area (Å²) in [7, 11) is 0. The summed E-state index contributed by atoms with van der Waals surface area (Å²) in [4.78, 5) is 10.9.